The lowest BCUT2D eigenvalue weighted by Gasteiger charge is -2.32. The Morgan fingerprint density at radius 1 is 0.851 bits per heavy atom. The van der Waals surface area contributed by atoms with Crippen molar-refractivity contribution in [2.24, 2.45) is 0 Å². The maximum Gasteiger partial charge on any atom is 0.306 e. The summed E-state index contributed by atoms with van der Waals surface area (Å²) in [5, 5.41) is 0. The van der Waals surface area contributed by atoms with Gasteiger partial charge in [0.25, 0.3) is 0 Å². The molecule has 0 amide bonds. The van der Waals surface area contributed by atoms with Crippen molar-refractivity contribution in [3.8, 4) is 0 Å². The molecule has 0 saturated carbocycles. The quantitative estimate of drug-likeness (QED) is 0.119. The van der Waals surface area contributed by atoms with Gasteiger partial charge in [0.05, 0.1) is 32.5 Å². The van der Waals surface area contributed by atoms with Crippen molar-refractivity contribution in [2.45, 2.75) is 95.2 Å². The average molecular weight is 647 g/mol. The molecule has 0 N–H and O–H groups in total. The number of ether oxygens (including phenoxy) is 8. The van der Waals surface area contributed by atoms with Crippen LogP contribution in [0.4, 0.5) is 0 Å². The van der Waals surface area contributed by atoms with Crippen LogP contribution >= 0.6 is 0 Å². The molecule has 0 aromatic heterocycles. The predicted octanol–water partition coefficient (Wildman–Crippen LogP) is 6.14. The van der Waals surface area contributed by atoms with Gasteiger partial charge in [0, 0.05) is 13.5 Å². The SMILES string of the molecule is C=C[C@H](OCc1ccccc1)[C@@H](OCc1ccccc1)[C@@H](COCc1ccccc1)OC(=O)CC[C@H]1O[C@@H]2OC(C)(C)O[C@@H]2[C@H]1OC. The van der Waals surface area contributed by atoms with Gasteiger partial charge < -0.3 is 37.9 Å². The van der Waals surface area contributed by atoms with Gasteiger partial charge >= 0.3 is 5.97 Å². The Balaban J connectivity index is 1.29. The third kappa shape index (κ3) is 10.0. The summed E-state index contributed by atoms with van der Waals surface area (Å²) in [7, 11) is 1.61. The van der Waals surface area contributed by atoms with Crippen molar-refractivity contribution in [1.29, 1.82) is 0 Å². The van der Waals surface area contributed by atoms with E-state index >= 15 is 0 Å². The number of esters is 1. The zero-order valence-corrected chi connectivity index (χ0v) is 27.4. The minimum absolute atomic E-state index is 0.0809. The maximum atomic E-state index is 13.5. The van der Waals surface area contributed by atoms with E-state index in [9.17, 15) is 4.79 Å². The summed E-state index contributed by atoms with van der Waals surface area (Å²) in [5.74, 6) is -1.18. The molecular weight excluding hydrogens is 600 g/mol. The molecule has 2 fully saturated rings. The van der Waals surface area contributed by atoms with E-state index in [-0.39, 0.29) is 31.8 Å². The van der Waals surface area contributed by atoms with Gasteiger partial charge in [-0.1, -0.05) is 97.1 Å². The van der Waals surface area contributed by atoms with E-state index in [4.69, 9.17) is 37.9 Å². The summed E-state index contributed by atoms with van der Waals surface area (Å²) >= 11 is 0. The molecule has 0 unspecified atom stereocenters. The first-order chi connectivity index (χ1) is 22.8. The maximum absolute atomic E-state index is 13.5. The van der Waals surface area contributed by atoms with Gasteiger partial charge in [-0.05, 0) is 37.0 Å². The van der Waals surface area contributed by atoms with Crippen molar-refractivity contribution in [3.63, 3.8) is 0 Å². The van der Waals surface area contributed by atoms with Crippen LogP contribution in [0.2, 0.25) is 0 Å². The molecule has 47 heavy (non-hydrogen) atoms. The number of benzene rings is 3. The first-order valence-corrected chi connectivity index (χ1v) is 16.1. The average Bonchev–Trinajstić information content (AvgIpc) is 3.56. The normalized spacial score (nSPS) is 23.5. The largest absolute Gasteiger partial charge is 0.457 e. The molecule has 2 saturated heterocycles. The Labute approximate surface area is 277 Å². The second kappa shape index (κ2) is 17.1. The number of carbonyl (C=O) groups excluding carboxylic acids is 1. The Morgan fingerprint density at radius 3 is 2.00 bits per heavy atom. The lowest BCUT2D eigenvalue weighted by molar-refractivity contribution is -0.217. The van der Waals surface area contributed by atoms with Crippen LogP contribution in [0, 0.1) is 0 Å². The molecule has 0 spiro atoms. The van der Waals surface area contributed by atoms with Crippen molar-refractivity contribution >= 4 is 5.97 Å². The highest BCUT2D eigenvalue weighted by atomic mass is 16.8. The molecule has 0 aliphatic carbocycles. The number of methoxy groups -OCH3 is 1. The van der Waals surface area contributed by atoms with E-state index in [1.165, 1.54) is 0 Å². The van der Waals surface area contributed by atoms with E-state index < -0.39 is 42.5 Å². The van der Waals surface area contributed by atoms with Crippen LogP contribution in [0.15, 0.2) is 104 Å². The number of fused-ring (bicyclic) bond motifs is 1. The summed E-state index contributed by atoms with van der Waals surface area (Å²) in [6.45, 7) is 8.75. The summed E-state index contributed by atoms with van der Waals surface area (Å²) < 4.78 is 48.8. The van der Waals surface area contributed by atoms with Gasteiger partial charge in [-0.15, -0.1) is 6.58 Å². The minimum Gasteiger partial charge on any atom is -0.457 e. The van der Waals surface area contributed by atoms with E-state index in [0.717, 1.165) is 16.7 Å². The second-order valence-corrected chi connectivity index (χ2v) is 12.2. The van der Waals surface area contributed by atoms with Crippen molar-refractivity contribution in [2.75, 3.05) is 13.7 Å². The number of rotatable bonds is 18. The molecule has 0 radical (unpaired) electrons. The van der Waals surface area contributed by atoms with E-state index in [1.54, 1.807) is 13.2 Å². The summed E-state index contributed by atoms with van der Waals surface area (Å²) in [4.78, 5) is 13.5. The number of hydrogen-bond donors (Lipinski definition) is 0. The topological polar surface area (TPSA) is 90.9 Å². The molecule has 3 aromatic carbocycles. The van der Waals surface area contributed by atoms with Crippen LogP contribution in [0.1, 0.15) is 43.4 Å². The van der Waals surface area contributed by atoms with Gasteiger partial charge in [-0.2, -0.15) is 0 Å². The van der Waals surface area contributed by atoms with Gasteiger partial charge in [-0.3, -0.25) is 4.79 Å². The van der Waals surface area contributed by atoms with Crippen molar-refractivity contribution in [3.05, 3.63) is 120 Å². The fraction of sp³-hybridized carbons (Fsp3) is 0.447. The highest BCUT2D eigenvalue weighted by Crippen LogP contribution is 2.39. The van der Waals surface area contributed by atoms with Crippen LogP contribution in [0.25, 0.3) is 0 Å². The van der Waals surface area contributed by atoms with Gasteiger partial charge in [-0.25, -0.2) is 0 Å². The molecule has 3 aromatic rings. The van der Waals surface area contributed by atoms with Crippen LogP contribution in [0.5, 0.6) is 0 Å². The van der Waals surface area contributed by atoms with Crippen molar-refractivity contribution in [1.82, 2.24) is 0 Å². The van der Waals surface area contributed by atoms with E-state index in [0.29, 0.717) is 19.6 Å². The predicted molar refractivity (Wildman–Crippen MR) is 175 cm³/mol. The molecular formula is C38H46O9. The van der Waals surface area contributed by atoms with E-state index in [1.807, 2.05) is 105 Å². The molecule has 7 atom stereocenters. The van der Waals surface area contributed by atoms with Crippen LogP contribution in [0.3, 0.4) is 0 Å². The van der Waals surface area contributed by atoms with Gasteiger partial charge in [0.1, 0.15) is 24.4 Å². The Morgan fingerprint density at radius 2 is 1.43 bits per heavy atom. The summed E-state index contributed by atoms with van der Waals surface area (Å²) in [6, 6.07) is 29.5. The lowest BCUT2D eigenvalue weighted by Crippen LogP contribution is -2.45. The van der Waals surface area contributed by atoms with Crippen LogP contribution in [-0.4, -0.2) is 68.4 Å². The molecule has 9 nitrogen and oxygen atoms in total. The van der Waals surface area contributed by atoms with Crippen LogP contribution < -0.4 is 0 Å². The lowest BCUT2D eigenvalue weighted by atomic mass is 10.1. The monoisotopic (exact) mass is 646 g/mol. The molecule has 2 aliphatic heterocycles. The Bertz CT molecular complexity index is 1370. The third-order valence-electron chi connectivity index (χ3n) is 8.16. The standard InChI is InChI=1S/C38H46O9/c1-5-30(42-24-28-17-11-7-12-18-28)34(43-25-29-19-13-8-14-20-29)32(26-41-23-27-15-9-6-10-16-27)44-33(39)22-21-31-35(40-4)36-37(45-31)47-38(2,3)46-36/h5-20,30-32,34-37H,1,21-26H2,2-4H3/t30-,31+,32+,34+,35-,36+,37+/m0/s1. The van der Waals surface area contributed by atoms with Crippen LogP contribution in [-0.2, 0) is 62.5 Å². The van der Waals surface area contributed by atoms with Crippen molar-refractivity contribution < 1.29 is 42.7 Å². The minimum atomic E-state index is -0.803. The number of hydrogen-bond acceptors (Lipinski definition) is 9. The first kappa shape index (κ1) is 34.9. The second-order valence-electron chi connectivity index (χ2n) is 12.2. The van der Waals surface area contributed by atoms with Gasteiger partial charge in [0.15, 0.2) is 18.2 Å². The van der Waals surface area contributed by atoms with Gasteiger partial charge in [0.2, 0.25) is 0 Å². The summed E-state index contributed by atoms with van der Waals surface area (Å²) in [5.41, 5.74) is 2.98. The molecule has 9 heteroatoms. The molecule has 2 aliphatic rings. The molecule has 252 valence electrons. The summed E-state index contributed by atoms with van der Waals surface area (Å²) in [6.07, 6.45) is -1.70. The van der Waals surface area contributed by atoms with E-state index in [2.05, 4.69) is 6.58 Å². The molecule has 2 heterocycles. The Kier molecular flexibility index (Phi) is 12.7. The fourth-order valence-corrected chi connectivity index (χ4v) is 5.86. The number of carbonyl (C=O) groups is 1. The smallest absolute Gasteiger partial charge is 0.306 e. The molecule has 5 rings (SSSR count). The molecule has 0 bridgehead atoms. The third-order valence-corrected chi connectivity index (χ3v) is 8.16. The zero-order chi connectivity index (χ0) is 33.1. The fourth-order valence-electron chi connectivity index (χ4n) is 5.86. The zero-order valence-electron chi connectivity index (χ0n) is 27.4. The first-order valence-electron chi connectivity index (χ1n) is 16.1. The Hall–Kier alpha value is -3.41. The highest BCUT2D eigenvalue weighted by molar-refractivity contribution is 5.69. The highest BCUT2D eigenvalue weighted by Gasteiger charge is 2.55.